The molecule has 18 heavy (non-hydrogen) atoms. The number of benzene rings is 1. The van der Waals surface area contributed by atoms with Crippen LogP contribution in [0.15, 0.2) is 24.3 Å². The Morgan fingerprint density at radius 2 is 2.22 bits per heavy atom. The zero-order valence-corrected chi connectivity index (χ0v) is 11.6. The molecule has 1 unspecified atom stereocenters. The molecule has 1 atom stereocenters. The maximum Gasteiger partial charge on any atom is 0.0657 e. The summed E-state index contributed by atoms with van der Waals surface area (Å²) in [7, 11) is 1.77. The average molecular weight is 247 g/mol. The molecule has 1 saturated carbocycles. The van der Waals surface area contributed by atoms with E-state index in [1.165, 1.54) is 30.4 Å². The fourth-order valence-corrected chi connectivity index (χ4v) is 2.53. The smallest absolute Gasteiger partial charge is 0.0657 e. The van der Waals surface area contributed by atoms with Crippen molar-refractivity contribution in [3.05, 3.63) is 35.4 Å². The normalized spacial score (nSPS) is 17.4. The summed E-state index contributed by atoms with van der Waals surface area (Å²) in [6.45, 7) is 3.98. The zero-order valence-electron chi connectivity index (χ0n) is 11.6. The zero-order chi connectivity index (χ0) is 12.8. The summed E-state index contributed by atoms with van der Waals surface area (Å²) < 4.78 is 5.33. The van der Waals surface area contributed by atoms with Gasteiger partial charge in [0, 0.05) is 7.11 Å². The molecule has 1 N–H and O–H groups in total. The van der Waals surface area contributed by atoms with Crippen LogP contribution in [0.2, 0.25) is 0 Å². The predicted molar refractivity (Wildman–Crippen MR) is 75.9 cm³/mol. The lowest BCUT2D eigenvalue weighted by Crippen LogP contribution is -2.26. The Hall–Kier alpha value is -0.860. The van der Waals surface area contributed by atoms with Crippen molar-refractivity contribution >= 4 is 0 Å². The van der Waals surface area contributed by atoms with Crippen molar-refractivity contribution in [1.29, 1.82) is 0 Å². The summed E-state index contributed by atoms with van der Waals surface area (Å²) in [5.74, 6) is 0.805. The lowest BCUT2D eigenvalue weighted by atomic mass is 9.79. The van der Waals surface area contributed by atoms with Gasteiger partial charge in [0.25, 0.3) is 0 Å². The first-order valence-electron chi connectivity index (χ1n) is 7.17. The minimum atomic E-state index is 0.329. The molecule has 0 heterocycles. The highest BCUT2D eigenvalue weighted by Crippen LogP contribution is 2.36. The molecule has 0 amide bonds. The fraction of sp³-hybridized carbons (Fsp3) is 0.625. The highest BCUT2D eigenvalue weighted by Gasteiger charge is 2.20. The second-order valence-electron chi connectivity index (χ2n) is 5.26. The van der Waals surface area contributed by atoms with Crippen LogP contribution in [-0.2, 0) is 4.74 Å². The molecular weight excluding hydrogens is 222 g/mol. The van der Waals surface area contributed by atoms with Gasteiger partial charge < -0.3 is 10.1 Å². The molecule has 0 aliphatic heterocycles. The molecule has 1 aromatic carbocycles. The molecule has 2 heteroatoms. The van der Waals surface area contributed by atoms with Gasteiger partial charge in [-0.05, 0) is 42.9 Å². The lowest BCUT2D eigenvalue weighted by Gasteiger charge is -2.27. The topological polar surface area (TPSA) is 21.3 Å². The van der Waals surface area contributed by atoms with Crippen LogP contribution < -0.4 is 5.32 Å². The second kappa shape index (κ2) is 6.91. The predicted octanol–water partition coefficient (Wildman–Crippen LogP) is 3.64. The van der Waals surface area contributed by atoms with Gasteiger partial charge in [-0.2, -0.15) is 0 Å². The maximum absolute atomic E-state index is 5.33. The van der Waals surface area contributed by atoms with E-state index in [0.717, 1.165) is 25.5 Å². The van der Waals surface area contributed by atoms with Gasteiger partial charge in [0.1, 0.15) is 0 Å². The van der Waals surface area contributed by atoms with Gasteiger partial charge in [-0.1, -0.05) is 37.6 Å². The van der Waals surface area contributed by atoms with Crippen LogP contribution in [0.1, 0.15) is 55.7 Å². The minimum absolute atomic E-state index is 0.329. The molecule has 1 aromatic rings. The molecule has 0 spiro atoms. The van der Waals surface area contributed by atoms with Crippen molar-refractivity contribution in [1.82, 2.24) is 5.32 Å². The van der Waals surface area contributed by atoms with E-state index >= 15 is 0 Å². The second-order valence-corrected chi connectivity index (χ2v) is 5.26. The summed E-state index contributed by atoms with van der Waals surface area (Å²) in [4.78, 5) is 0. The molecule has 0 saturated heterocycles. The van der Waals surface area contributed by atoms with Crippen molar-refractivity contribution in [2.75, 3.05) is 20.3 Å². The minimum Gasteiger partial charge on any atom is -0.383 e. The van der Waals surface area contributed by atoms with E-state index in [1.807, 2.05) is 0 Å². The van der Waals surface area contributed by atoms with Gasteiger partial charge in [0.05, 0.1) is 12.6 Å². The molecule has 0 aromatic heterocycles. The lowest BCUT2D eigenvalue weighted by molar-refractivity contribution is 0.167. The van der Waals surface area contributed by atoms with Gasteiger partial charge in [-0.25, -0.2) is 0 Å². The molecule has 100 valence electrons. The van der Waals surface area contributed by atoms with E-state index in [0.29, 0.717) is 6.04 Å². The first-order valence-corrected chi connectivity index (χ1v) is 7.17. The van der Waals surface area contributed by atoms with E-state index in [-0.39, 0.29) is 0 Å². The van der Waals surface area contributed by atoms with Crippen molar-refractivity contribution in [2.24, 2.45) is 0 Å². The third-order valence-electron chi connectivity index (χ3n) is 3.86. The Bertz CT molecular complexity index is 360. The van der Waals surface area contributed by atoms with Crippen LogP contribution in [0.4, 0.5) is 0 Å². The third-order valence-corrected chi connectivity index (χ3v) is 3.86. The Labute approximate surface area is 111 Å². The molecule has 2 nitrogen and oxygen atoms in total. The van der Waals surface area contributed by atoms with Crippen LogP contribution in [0.5, 0.6) is 0 Å². The van der Waals surface area contributed by atoms with Gasteiger partial charge in [0.2, 0.25) is 0 Å². The van der Waals surface area contributed by atoms with E-state index in [2.05, 4.69) is 36.5 Å². The molecule has 0 bridgehead atoms. The number of methoxy groups -OCH3 is 1. The van der Waals surface area contributed by atoms with Gasteiger partial charge in [0.15, 0.2) is 0 Å². The summed E-state index contributed by atoms with van der Waals surface area (Å²) in [5.41, 5.74) is 2.88. The Balaban J connectivity index is 2.07. The van der Waals surface area contributed by atoms with E-state index in [1.54, 1.807) is 7.11 Å². The van der Waals surface area contributed by atoms with Gasteiger partial charge in [-0.3, -0.25) is 0 Å². The quantitative estimate of drug-likeness (QED) is 0.794. The van der Waals surface area contributed by atoms with Crippen LogP contribution in [0.3, 0.4) is 0 Å². The molecule has 2 rings (SSSR count). The van der Waals surface area contributed by atoms with Crippen LogP contribution in [-0.4, -0.2) is 20.3 Å². The van der Waals surface area contributed by atoms with Crippen LogP contribution in [0, 0.1) is 0 Å². The largest absolute Gasteiger partial charge is 0.383 e. The van der Waals surface area contributed by atoms with E-state index in [9.17, 15) is 0 Å². The van der Waals surface area contributed by atoms with Crippen molar-refractivity contribution < 1.29 is 4.74 Å². The number of hydrogen-bond donors (Lipinski definition) is 1. The SMILES string of the molecule is CCCNC(COC)c1cccc(C2CCC2)c1. The monoisotopic (exact) mass is 247 g/mol. The number of ether oxygens (including phenoxy) is 1. The Morgan fingerprint density at radius 1 is 1.39 bits per heavy atom. The Morgan fingerprint density at radius 3 is 2.83 bits per heavy atom. The molecular formula is C16H25NO. The summed E-state index contributed by atoms with van der Waals surface area (Å²) in [6, 6.07) is 9.39. The van der Waals surface area contributed by atoms with Crippen molar-refractivity contribution in [2.45, 2.75) is 44.6 Å². The van der Waals surface area contributed by atoms with E-state index in [4.69, 9.17) is 4.74 Å². The number of hydrogen-bond acceptors (Lipinski definition) is 2. The van der Waals surface area contributed by atoms with E-state index < -0.39 is 0 Å². The highest BCUT2D eigenvalue weighted by atomic mass is 16.5. The molecule has 1 fully saturated rings. The van der Waals surface area contributed by atoms with Crippen LogP contribution >= 0.6 is 0 Å². The average Bonchev–Trinajstić information content (AvgIpc) is 2.33. The van der Waals surface area contributed by atoms with Crippen molar-refractivity contribution in [3.63, 3.8) is 0 Å². The number of nitrogens with one attached hydrogen (secondary N) is 1. The van der Waals surface area contributed by atoms with Crippen molar-refractivity contribution in [3.8, 4) is 0 Å². The van der Waals surface area contributed by atoms with Gasteiger partial charge >= 0.3 is 0 Å². The van der Waals surface area contributed by atoms with Gasteiger partial charge in [-0.15, -0.1) is 0 Å². The standard InChI is InChI=1S/C16H25NO/c1-3-10-17-16(12-18-2)15-9-5-8-14(11-15)13-6-4-7-13/h5,8-9,11,13,16-17H,3-4,6-7,10,12H2,1-2H3. The maximum atomic E-state index is 5.33. The molecule has 1 aliphatic carbocycles. The molecule has 0 radical (unpaired) electrons. The Kier molecular flexibility index (Phi) is 5.21. The highest BCUT2D eigenvalue weighted by molar-refractivity contribution is 5.29. The fourth-order valence-electron chi connectivity index (χ4n) is 2.53. The first kappa shape index (κ1) is 13.6. The summed E-state index contributed by atoms with van der Waals surface area (Å²) >= 11 is 0. The van der Waals surface area contributed by atoms with Crippen LogP contribution in [0.25, 0.3) is 0 Å². The number of rotatable bonds is 7. The third kappa shape index (κ3) is 3.33. The summed E-state index contributed by atoms with van der Waals surface area (Å²) in [5, 5.41) is 3.56. The molecule has 1 aliphatic rings. The first-order chi connectivity index (χ1) is 8.85. The summed E-state index contributed by atoms with van der Waals surface area (Å²) in [6.07, 6.45) is 5.27.